The van der Waals surface area contributed by atoms with E-state index in [0.29, 0.717) is 28.1 Å². The SMILES string of the molecule is CCn1c(SCC(=O)Nc2sc(C)c(C)c2C(=O)OC)nnc1-c1ccoc1C. The van der Waals surface area contributed by atoms with Gasteiger partial charge in [-0.3, -0.25) is 4.79 Å². The molecule has 154 valence electrons. The average Bonchev–Trinajstić information content (AvgIpc) is 3.37. The number of esters is 1. The van der Waals surface area contributed by atoms with E-state index in [0.717, 1.165) is 21.8 Å². The van der Waals surface area contributed by atoms with Crippen molar-refractivity contribution in [3.63, 3.8) is 0 Å². The minimum absolute atomic E-state index is 0.138. The number of thioether (sulfide) groups is 1. The van der Waals surface area contributed by atoms with Crippen molar-refractivity contribution in [2.45, 2.75) is 39.4 Å². The molecule has 0 atom stereocenters. The summed E-state index contributed by atoms with van der Waals surface area (Å²) in [6.07, 6.45) is 1.61. The van der Waals surface area contributed by atoms with Gasteiger partial charge in [-0.15, -0.1) is 21.5 Å². The van der Waals surface area contributed by atoms with Gasteiger partial charge in [0, 0.05) is 11.4 Å². The van der Waals surface area contributed by atoms with Crippen LogP contribution in [0.4, 0.5) is 5.00 Å². The summed E-state index contributed by atoms with van der Waals surface area (Å²) in [6, 6.07) is 1.85. The highest BCUT2D eigenvalue weighted by Gasteiger charge is 2.22. The summed E-state index contributed by atoms with van der Waals surface area (Å²) in [6.45, 7) is 8.26. The Bertz CT molecular complexity index is 1050. The van der Waals surface area contributed by atoms with E-state index in [1.165, 1.54) is 30.2 Å². The molecule has 1 N–H and O–H groups in total. The monoisotopic (exact) mass is 434 g/mol. The number of rotatable bonds is 7. The molecule has 0 bridgehead atoms. The summed E-state index contributed by atoms with van der Waals surface area (Å²) in [5.74, 6) is 0.923. The van der Waals surface area contributed by atoms with Gasteiger partial charge in [0.25, 0.3) is 0 Å². The van der Waals surface area contributed by atoms with E-state index in [1.54, 1.807) is 6.26 Å². The minimum atomic E-state index is -0.458. The number of nitrogens with zero attached hydrogens (tertiary/aromatic N) is 3. The number of amides is 1. The number of methoxy groups -OCH3 is 1. The maximum Gasteiger partial charge on any atom is 0.341 e. The van der Waals surface area contributed by atoms with Gasteiger partial charge in [-0.1, -0.05) is 11.8 Å². The van der Waals surface area contributed by atoms with Crippen molar-refractivity contribution in [1.82, 2.24) is 14.8 Å². The van der Waals surface area contributed by atoms with Crippen LogP contribution in [0.3, 0.4) is 0 Å². The molecule has 0 aliphatic carbocycles. The number of anilines is 1. The summed E-state index contributed by atoms with van der Waals surface area (Å²) < 4.78 is 12.1. The van der Waals surface area contributed by atoms with Crippen LogP contribution >= 0.6 is 23.1 Å². The van der Waals surface area contributed by atoms with Crippen molar-refractivity contribution >= 4 is 40.0 Å². The van der Waals surface area contributed by atoms with Gasteiger partial charge in [-0.25, -0.2) is 4.79 Å². The van der Waals surface area contributed by atoms with Gasteiger partial charge in [0.15, 0.2) is 11.0 Å². The molecule has 0 spiro atoms. The molecule has 3 aromatic heterocycles. The van der Waals surface area contributed by atoms with Gasteiger partial charge in [0.2, 0.25) is 5.91 Å². The molecule has 0 aromatic carbocycles. The average molecular weight is 435 g/mol. The van der Waals surface area contributed by atoms with Crippen LogP contribution in [0.2, 0.25) is 0 Å². The van der Waals surface area contributed by atoms with Crippen LogP contribution in [-0.4, -0.2) is 39.5 Å². The first-order valence-electron chi connectivity index (χ1n) is 8.95. The smallest absolute Gasteiger partial charge is 0.341 e. The van der Waals surface area contributed by atoms with E-state index in [1.807, 2.05) is 38.3 Å². The third-order valence-corrected chi connectivity index (χ3v) is 6.58. The van der Waals surface area contributed by atoms with Crippen molar-refractivity contribution in [1.29, 1.82) is 0 Å². The first-order valence-corrected chi connectivity index (χ1v) is 10.8. The molecule has 3 rings (SSSR count). The number of hydrogen-bond acceptors (Lipinski definition) is 8. The number of ether oxygens (including phenoxy) is 1. The first-order chi connectivity index (χ1) is 13.9. The Labute approximate surface area is 176 Å². The summed E-state index contributed by atoms with van der Waals surface area (Å²) >= 11 is 2.65. The summed E-state index contributed by atoms with van der Waals surface area (Å²) in [4.78, 5) is 25.5. The van der Waals surface area contributed by atoms with Gasteiger partial charge in [-0.2, -0.15) is 0 Å². The highest BCUT2D eigenvalue weighted by molar-refractivity contribution is 7.99. The van der Waals surface area contributed by atoms with Gasteiger partial charge in [0.05, 0.1) is 30.3 Å². The quantitative estimate of drug-likeness (QED) is 0.442. The van der Waals surface area contributed by atoms with Crippen LogP contribution < -0.4 is 5.32 Å². The molecule has 0 radical (unpaired) electrons. The minimum Gasteiger partial charge on any atom is -0.469 e. The lowest BCUT2D eigenvalue weighted by atomic mass is 10.1. The molecule has 1 amide bonds. The molecule has 0 fully saturated rings. The number of aryl methyl sites for hydroxylation is 2. The Hall–Kier alpha value is -2.59. The summed E-state index contributed by atoms with van der Waals surface area (Å²) in [5.41, 5.74) is 2.10. The molecule has 10 heteroatoms. The van der Waals surface area contributed by atoms with Crippen molar-refractivity contribution in [2.75, 3.05) is 18.2 Å². The fourth-order valence-electron chi connectivity index (χ4n) is 2.85. The highest BCUT2D eigenvalue weighted by Crippen LogP contribution is 2.33. The third-order valence-electron chi connectivity index (χ3n) is 4.49. The number of carbonyl (C=O) groups excluding carboxylic acids is 2. The van der Waals surface area contributed by atoms with Crippen LogP contribution in [-0.2, 0) is 16.1 Å². The zero-order valence-corrected chi connectivity index (χ0v) is 18.5. The topological polar surface area (TPSA) is 99.2 Å². The Morgan fingerprint density at radius 2 is 2.07 bits per heavy atom. The number of carbonyl (C=O) groups is 2. The zero-order valence-electron chi connectivity index (χ0n) is 16.9. The van der Waals surface area contributed by atoms with E-state index in [4.69, 9.17) is 9.15 Å². The Morgan fingerprint density at radius 3 is 2.69 bits per heavy atom. The molecule has 8 nitrogen and oxygen atoms in total. The van der Waals surface area contributed by atoms with Crippen molar-refractivity contribution in [3.05, 3.63) is 34.1 Å². The van der Waals surface area contributed by atoms with E-state index in [2.05, 4.69) is 15.5 Å². The number of aromatic nitrogens is 3. The van der Waals surface area contributed by atoms with Crippen LogP contribution in [0.1, 0.15) is 33.5 Å². The molecular formula is C19H22N4O4S2. The van der Waals surface area contributed by atoms with Crippen molar-refractivity contribution in [3.8, 4) is 11.4 Å². The summed E-state index contributed by atoms with van der Waals surface area (Å²) in [5, 5.41) is 12.5. The van der Waals surface area contributed by atoms with E-state index >= 15 is 0 Å². The molecule has 3 heterocycles. The molecule has 0 unspecified atom stereocenters. The molecule has 3 aromatic rings. The van der Waals surface area contributed by atoms with Crippen molar-refractivity contribution in [2.24, 2.45) is 0 Å². The third kappa shape index (κ3) is 4.23. The fraction of sp³-hybridized carbons (Fsp3) is 0.368. The molecule has 0 aliphatic heterocycles. The fourth-order valence-corrected chi connectivity index (χ4v) is 4.72. The largest absolute Gasteiger partial charge is 0.469 e. The van der Waals surface area contributed by atoms with Crippen LogP contribution in [0.25, 0.3) is 11.4 Å². The predicted molar refractivity (Wildman–Crippen MR) is 113 cm³/mol. The lowest BCUT2D eigenvalue weighted by molar-refractivity contribution is -0.113. The second kappa shape index (κ2) is 8.83. The zero-order chi connectivity index (χ0) is 21.1. The van der Waals surface area contributed by atoms with Gasteiger partial charge in [-0.05, 0) is 39.3 Å². The predicted octanol–water partition coefficient (Wildman–Crippen LogP) is 4.06. The van der Waals surface area contributed by atoms with E-state index in [9.17, 15) is 9.59 Å². The number of nitrogens with one attached hydrogen (secondary N) is 1. The van der Waals surface area contributed by atoms with E-state index in [-0.39, 0.29) is 11.7 Å². The molecule has 0 aliphatic rings. The van der Waals surface area contributed by atoms with Crippen LogP contribution in [0.5, 0.6) is 0 Å². The number of hydrogen-bond donors (Lipinski definition) is 1. The Kier molecular flexibility index (Phi) is 6.43. The van der Waals surface area contributed by atoms with Gasteiger partial charge >= 0.3 is 5.97 Å². The van der Waals surface area contributed by atoms with Crippen LogP contribution in [0, 0.1) is 20.8 Å². The van der Waals surface area contributed by atoms with Crippen LogP contribution in [0.15, 0.2) is 21.9 Å². The lowest BCUT2D eigenvalue weighted by Gasteiger charge is -2.08. The Morgan fingerprint density at radius 1 is 1.31 bits per heavy atom. The normalized spacial score (nSPS) is 10.9. The Balaban J connectivity index is 1.73. The maximum absolute atomic E-state index is 12.5. The second-order valence-corrected chi connectivity index (χ2v) is 8.42. The number of furan rings is 1. The van der Waals surface area contributed by atoms with Crippen molar-refractivity contribution < 1.29 is 18.7 Å². The van der Waals surface area contributed by atoms with Gasteiger partial charge < -0.3 is 19.0 Å². The molecule has 29 heavy (non-hydrogen) atoms. The van der Waals surface area contributed by atoms with E-state index < -0.39 is 5.97 Å². The molecular weight excluding hydrogens is 412 g/mol. The molecule has 0 saturated carbocycles. The maximum atomic E-state index is 12.5. The highest BCUT2D eigenvalue weighted by atomic mass is 32.2. The number of thiophene rings is 1. The lowest BCUT2D eigenvalue weighted by Crippen LogP contribution is -2.16. The standard InChI is InChI=1S/C19H22N4O4S2/c1-6-23-16(13-7-8-27-11(13)3)21-22-19(23)28-9-14(24)20-17-15(18(25)26-5)10(2)12(4)29-17/h7-8H,6,9H2,1-5H3,(H,20,24). The molecule has 0 saturated heterocycles. The summed E-state index contributed by atoms with van der Waals surface area (Å²) in [7, 11) is 1.33. The van der Waals surface area contributed by atoms with Gasteiger partial charge in [0.1, 0.15) is 10.8 Å². The first kappa shape index (κ1) is 21.1. The second-order valence-electron chi connectivity index (χ2n) is 6.26.